The second-order valence-corrected chi connectivity index (χ2v) is 10.7. The number of hydrogen-bond acceptors (Lipinski definition) is 7. The number of likely N-dealkylation sites (tertiary alicyclic amines) is 1. The van der Waals surface area contributed by atoms with E-state index in [2.05, 4.69) is 20.6 Å². The molecule has 8 nitrogen and oxygen atoms in total. The van der Waals surface area contributed by atoms with Gasteiger partial charge in [-0.05, 0) is 51.0 Å². The van der Waals surface area contributed by atoms with Crippen LogP contribution < -0.4 is 10.6 Å². The fraction of sp³-hybridized carbons (Fsp3) is 0.583. The number of piperidine rings is 1. The Kier molecular flexibility index (Phi) is 6.90. The molecule has 1 atom stereocenters. The summed E-state index contributed by atoms with van der Waals surface area (Å²) >= 11 is 0.783. The summed E-state index contributed by atoms with van der Waals surface area (Å²) in [7, 11) is 0. The Balaban J connectivity index is 1.54. The van der Waals surface area contributed by atoms with Gasteiger partial charge in [0.1, 0.15) is 11.5 Å². The molecular weight excluding hydrogens is 495 g/mol. The summed E-state index contributed by atoms with van der Waals surface area (Å²) < 4.78 is 47.7. The molecule has 1 aliphatic carbocycles. The molecule has 2 saturated heterocycles. The quantitative estimate of drug-likeness (QED) is 0.565. The van der Waals surface area contributed by atoms with Gasteiger partial charge in [0.2, 0.25) is 0 Å². The number of nitrogens with one attached hydrogen (secondary N) is 2. The number of rotatable bonds is 7. The molecule has 0 radical (unpaired) electrons. The van der Waals surface area contributed by atoms with Crippen LogP contribution in [0.25, 0.3) is 10.4 Å². The maximum absolute atomic E-state index is 14.2. The maximum atomic E-state index is 14.2. The van der Waals surface area contributed by atoms with Crippen molar-refractivity contribution in [1.82, 2.24) is 20.2 Å². The van der Waals surface area contributed by atoms with E-state index in [1.165, 1.54) is 0 Å². The molecule has 0 spiro atoms. The van der Waals surface area contributed by atoms with Crippen LogP contribution in [0.4, 0.5) is 19.0 Å². The van der Waals surface area contributed by atoms with Gasteiger partial charge in [-0.1, -0.05) is 0 Å². The number of halogens is 3. The molecule has 2 aromatic heterocycles. The number of carbonyl (C=O) groups is 2. The monoisotopic (exact) mass is 523 g/mol. The second kappa shape index (κ2) is 9.97. The van der Waals surface area contributed by atoms with Crippen molar-refractivity contribution in [1.29, 1.82) is 0 Å². The number of alkyl halides is 3. The minimum Gasteiger partial charge on any atom is -0.377 e. The van der Waals surface area contributed by atoms with E-state index >= 15 is 0 Å². The molecule has 2 amide bonds. The highest BCUT2D eigenvalue weighted by atomic mass is 32.1. The van der Waals surface area contributed by atoms with Gasteiger partial charge < -0.3 is 20.3 Å². The van der Waals surface area contributed by atoms with Crippen LogP contribution in [0.3, 0.4) is 0 Å². The van der Waals surface area contributed by atoms with Crippen molar-refractivity contribution in [3.8, 4) is 10.4 Å². The summed E-state index contributed by atoms with van der Waals surface area (Å²) in [6.45, 7) is 3.69. The lowest BCUT2D eigenvalue weighted by atomic mass is 10.0. The van der Waals surface area contributed by atoms with Crippen molar-refractivity contribution >= 4 is 29.0 Å². The largest absolute Gasteiger partial charge is 0.417 e. The van der Waals surface area contributed by atoms with Crippen molar-refractivity contribution in [2.45, 2.75) is 57.3 Å². The molecule has 3 aliphatic rings. The Morgan fingerprint density at radius 3 is 2.64 bits per heavy atom. The first-order valence-electron chi connectivity index (χ1n) is 12.2. The zero-order valence-corrected chi connectivity index (χ0v) is 20.7. The van der Waals surface area contributed by atoms with Gasteiger partial charge in [-0.25, -0.2) is 9.97 Å². The van der Waals surface area contributed by atoms with Crippen LogP contribution >= 0.6 is 11.3 Å². The molecule has 1 saturated carbocycles. The molecule has 0 aromatic carbocycles. The van der Waals surface area contributed by atoms with Crippen LogP contribution in [-0.4, -0.2) is 65.1 Å². The number of hydrogen-bond donors (Lipinski definition) is 2. The lowest BCUT2D eigenvalue weighted by Crippen LogP contribution is -2.48. The zero-order valence-electron chi connectivity index (χ0n) is 19.9. The van der Waals surface area contributed by atoms with Crippen molar-refractivity contribution in [2.75, 3.05) is 31.6 Å². The molecule has 12 heteroatoms. The SMILES string of the molecule is CC1CCCCN1C(=O)c1nc(C(=O)NC2COC2)sc1-c1cnc(NCC2CC2)cc1C(F)(F)F. The summed E-state index contributed by atoms with van der Waals surface area (Å²) in [5.41, 5.74) is -1.31. The van der Waals surface area contributed by atoms with Gasteiger partial charge in [0.15, 0.2) is 5.01 Å². The fourth-order valence-corrected chi connectivity index (χ4v) is 5.37. The normalized spacial score (nSPS) is 20.7. The number of aromatic nitrogens is 2. The topological polar surface area (TPSA) is 96.5 Å². The molecular formula is C24H28F3N5O3S. The highest BCUT2D eigenvalue weighted by Crippen LogP contribution is 2.42. The number of carbonyl (C=O) groups excluding carboxylic acids is 2. The predicted octanol–water partition coefficient (Wildman–Crippen LogP) is 4.19. The van der Waals surface area contributed by atoms with Crippen LogP contribution in [-0.2, 0) is 10.9 Å². The Labute approximate surface area is 210 Å². The predicted molar refractivity (Wildman–Crippen MR) is 128 cm³/mol. The van der Waals surface area contributed by atoms with Crippen molar-refractivity contribution in [3.63, 3.8) is 0 Å². The number of nitrogens with zero attached hydrogens (tertiary/aromatic N) is 3. The van der Waals surface area contributed by atoms with Gasteiger partial charge in [0.25, 0.3) is 11.8 Å². The highest BCUT2D eigenvalue weighted by molar-refractivity contribution is 7.17. The standard InChI is InChI=1S/C24H28F3N5O3S/c1-13-4-2-3-7-32(13)23(34)19-20(36-22(31-19)21(33)30-15-11-35-12-15)16-10-29-18(28-9-14-5-6-14)8-17(16)24(25,26)27/h8,10,13-15H,2-7,9,11-12H2,1H3,(H,28,29)(H,30,33). The zero-order chi connectivity index (χ0) is 25.4. The lowest BCUT2D eigenvalue weighted by Gasteiger charge is -2.33. The molecule has 5 rings (SSSR count). The van der Waals surface area contributed by atoms with Gasteiger partial charge in [-0.15, -0.1) is 11.3 Å². The lowest BCUT2D eigenvalue weighted by molar-refractivity contribution is -0.137. The molecule has 194 valence electrons. The van der Waals surface area contributed by atoms with Crippen LogP contribution in [0.15, 0.2) is 12.3 Å². The van der Waals surface area contributed by atoms with Crippen LogP contribution in [0.1, 0.15) is 64.9 Å². The van der Waals surface area contributed by atoms with E-state index in [0.29, 0.717) is 32.2 Å². The summed E-state index contributed by atoms with van der Waals surface area (Å²) in [6, 6.07) is 0.718. The molecule has 2 aromatic rings. The van der Waals surface area contributed by atoms with Gasteiger partial charge in [0.05, 0.1) is 29.7 Å². The fourth-order valence-electron chi connectivity index (χ4n) is 4.39. The molecule has 3 fully saturated rings. The maximum Gasteiger partial charge on any atom is 0.417 e. The minimum absolute atomic E-state index is 0.00125. The smallest absolute Gasteiger partial charge is 0.377 e. The summed E-state index contributed by atoms with van der Waals surface area (Å²) in [6.07, 6.45) is 1.13. The van der Waals surface area contributed by atoms with E-state index in [1.807, 2.05) is 6.92 Å². The van der Waals surface area contributed by atoms with Gasteiger partial charge in [-0.2, -0.15) is 13.2 Å². The van der Waals surface area contributed by atoms with Crippen molar-refractivity contribution in [2.24, 2.45) is 5.92 Å². The first kappa shape index (κ1) is 24.9. The average Bonchev–Trinajstić information content (AvgIpc) is 3.55. The number of ether oxygens (including phenoxy) is 1. The first-order valence-corrected chi connectivity index (χ1v) is 13.0. The summed E-state index contributed by atoms with van der Waals surface area (Å²) in [5, 5.41) is 5.67. The van der Waals surface area contributed by atoms with Crippen LogP contribution in [0.5, 0.6) is 0 Å². The van der Waals surface area contributed by atoms with E-state index in [1.54, 1.807) is 4.90 Å². The Morgan fingerprint density at radius 1 is 1.22 bits per heavy atom. The number of amides is 2. The van der Waals surface area contributed by atoms with Gasteiger partial charge in [0, 0.05) is 30.9 Å². The molecule has 36 heavy (non-hydrogen) atoms. The van der Waals surface area contributed by atoms with E-state index in [4.69, 9.17) is 4.74 Å². The third-order valence-corrected chi connectivity index (χ3v) is 7.87. The first-order chi connectivity index (χ1) is 17.2. The average molecular weight is 524 g/mol. The molecule has 4 heterocycles. The number of thiazole rings is 1. The second-order valence-electron chi connectivity index (χ2n) is 9.69. The Hall–Kier alpha value is -2.73. The highest BCUT2D eigenvalue weighted by Gasteiger charge is 2.38. The minimum atomic E-state index is -4.69. The third kappa shape index (κ3) is 5.34. The van der Waals surface area contributed by atoms with E-state index in [-0.39, 0.29) is 39.0 Å². The van der Waals surface area contributed by atoms with E-state index in [9.17, 15) is 22.8 Å². The summed E-state index contributed by atoms with van der Waals surface area (Å²) in [4.78, 5) is 36.5. The third-order valence-electron chi connectivity index (χ3n) is 6.78. The Bertz CT molecular complexity index is 1150. The summed E-state index contributed by atoms with van der Waals surface area (Å²) in [5.74, 6) is -0.420. The Morgan fingerprint density at radius 2 is 2.00 bits per heavy atom. The van der Waals surface area contributed by atoms with Crippen molar-refractivity contribution < 1.29 is 27.5 Å². The van der Waals surface area contributed by atoms with Crippen LogP contribution in [0, 0.1) is 5.92 Å². The van der Waals surface area contributed by atoms with Gasteiger partial charge >= 0.3 is 6.18 Å². The molecule has 2 N–H and O–H groups in total. The number of anilines is 1. The molecule has 1 unspecified atom stereocenters. The van der Waals surface area contributed by atoms with E-state index in [0.717, 1.165) is 55.7 Å². The number of pyridine rings is 1. The van der Waals surface area contributed by atoms with Crippen molar-refractivity contribution in [3.05, 3.63) is 28.5 Å². The molecule has 2 aliphatic heterocycles. The molecule has 0 bridgehead atoms. The van der Waals surface area contributed by atoms with E-state index < -0.39 is 23.6 Å². The van der Waals surface area contributed by atoms with Gasteiger partial charge in [-0.3, -0.25) is 9.59 Å². The van der Waals surface area contributed by atoms with Crippen LogP contribution in [0.2, 0.25) is 0 Å².